The van der Waals surface area contributed by atoms with E-state index >= 15 is 0 Å². The molecule has 7 nitrogen and oxygen atoms in total. The first-order valence-electron chi connectivity index (χ1n) is 8.84. The van der Waals surface area contributed by atoms with Gasteiger partial charge in [-0.1, -0.05) is 11.6 Å². The molecule has 4 rings (SSSR count). The summed E-state index contributed by atoms with van der Waals surface area (Å²) in [4.78, 5) is 8.52. The number of nitrogens with zero attached hydrogens (tertiary/aromatic N) is 4. The summed E-state index contributed by atoms with van der Waals surface area (Å²) in [5.74, 6) is 1.49. The van der Waals surface area contributed by atoms with Crippen molar-refractivity contribution >= 4 is 29.1 Å². The van der Waals surface area contributed by atoms with Crippen LogP contribution in [-0.2, 0) is 0 Å². The van der Waals surface area contributed by atoms with Crippen LogP contribution in [0.3, 0.4) is 0 Å². The quantitative estimate of drug-likeness (QED) is 0.559. The second kappa shape index (κ2) is 7.44. The maximum atomic E-state index is 13.1. The maximum absolute atomic E-state index is 13.1. The van der Waals surface area contributed by atoms with Gasteiger partial charge >= 0.3 is 0 Å². The van der Waals surface area contributed by atoms with Crippen molar-refractivity contribution in [1.29, 1.82) is 5.26 Å². The third-order valence-corrected chi connectivity index (χ3v) is 4.79. The molecule has 3 aromatic rings. The number of aromatic amines is 1. The number of halogens is 2. The van der Waals surface area contributed by atoms with Crippen LogP contribution in [0.1, 0.15) is 48.7 Å². The van der Waals surface area contributed by atoms with Gasteiger partial charge in [0.15, 0.2) is 11.6 Å². The van der Waals surface area contributed by atoms with E-state index in [1.54, 1.807) is 12.1 Å². The number of nitriles is 1. The molecule has 1 unspecified atom stereocenters. The molecule has 0 aromatic carbocycles. The number of H-pyrrole nitrogens is 1. The van der Waals surface area contributed by atoms with Crippen molar-refractivity contribution in [2.45, 2.75) is 31.7 Å². The molecule has 3 heterocycles. The van der Waals surface area contributed by atoms with Gasteiger partial charge in [-0.2, -0.15) is 10.4 Å². The van der Waals surface area contributed by atoms with E-state index in [9.17, 15) is 9.65 Å². The molecule has 1 atom stereocenters. The molecule has 28 heavy (non-hydrogen) atoms. The first-order valence-corrected chi connectivity index (χ1v) is 9.22. The van der Waals surface area contributed by atoms with Gasteiger partial charge in [0.25, 0.3) is 0 Å². The highest BCUT2D eigenvalue weighted by atomic mass is 35.5. The first kappa shape index (κ1) is 18.2. The van der Waals surface area contributed by atoms with E-state index in [1.807, 2.05) is 13.0 Å². The van der Waals surface area contributed by atoms with Gasteiger partial charge in [-0.3, -0.25) is 10.1 Å². The SMILES string of the molecule is CC(Nc1nc(Nc2cc(C3CC3)[nH]n2)c(Cl)cc1C#N)c1ccc(F)cn1. The minimum Gasteiger partial charge on any atom is -0.361 e. The third kappa shape index (κ3) is 3.89. The lowest BCUT2D eigenvalue weighted by Gasteiger charge is -2.16. The highest BCUT2D eigenvalue weighted by molar-refractivity contribution is 6.33. The Balaban J connectivity index is 1.57. The fourth-order valence-electron chi connectivity index (χ4n) is 2.82. The molecule has 0 saturated heterocycles. The maximum Gasteiger partial charge on any atom is 0.153 e. The molecule has 142 valence electrons. The molecule has 0 radical (unpaired) electrons. The zero-order chi connectivity index (χ0) is 19.7. The Bertz CT molecular complexity index is 1040. The number of pyridine rings is 2. The lowest BCUT2D eigenvalue weighted by atomic mass is 10.2. The standard InChI is InChI=1S/C19H17ClFN7/c1-10(15-5-4-13(21)9-23-15)24-18-12(8-22)6-14(20)19(26-18)25-17-7-16(27-28-17)11-2-3-11/h4-7,9-11H,2-3H2,1H3,(H3,24,25,26,27,28). The summed E-state index contributed by atoms with van der Waals surface area (Å²) in [7, 11) is 0. The van der Waals surface area contributed by atoms with Crippen LogP contribution in [0.5, 0.6) is 0 Å². The Kier molecular flexibility index (Phi) is 4.84. The number of rotatable bonds is 6. The second-order valence-corrected chi connectivity index (χ2v) is 7.11. The lowest BCUT2D eigenvalue weighted by Crippen LogP contribution is -2.12. The molecular weight excluding hydrogens is 381 g/mol. The van der Waals surface area contributed by atoms with Gasteiger partial charge in [0, 0.05) is 17.7 Å². The summed E-state index contributed by atoms with van der Waals surface area (Å²) < 4.78 is 13.1. The number of nitrogens with one attached hydrogen (secondary N) is 3. The number of aromatic nitrogens is 4. The first-order chi connectivity index (χ1) is 13.5. The monoisotopic (exact) mass is 397 g/mol. The van der Waals surface area contributed by atoms with Gasteiger partial charge < -0.3 is 10.6 Å². The zero-order valence-corrected chi connectivity index (χ0v) is 15.8. The number of hydrogen-bond acceptors (Lipinski definition) is 6. The van der Waals surface area contributed by atoms with Crippen LogP contribution in [0.4, 0.5) is 21.8 Å². The summed E-state index contributed by atoms with van der Waals surface area (Å²) in [6, 6.07) is 8.18. The van der Waals surface area contributed by atoms with E-state index in [4.69, 9.17) is 11.6 Å². The third-order valence-electron chi connectivity index (χ3n) is 4.50. The second-order valence-electron chi connectivity index (χ2n) is 6.70. The van der Waals surface area contributed by atoms with Crippen molar-refractivity contribution in [3.05, 3.63) is 58.3 Å². The topological polar surface area (TPSA) is 102 Å². The normalized spacial score (nSPS) is 14.4. The Morgan fingerprint density at radius 3 is 2.82 bits per heavy atom. The summed E-state index contributed by atoms with van der Waals surface area (Å²) in [5, 5.41) is 23.2. The lowest BCUT2D eigenvalue weighted by molar-refractivity contribution is 0.617. The summed E-state index contributed by atoms with van der Waals surface area (Å²) in [6.45, 7) is 1.85. The van der Waals surface area contributed by atoms with E-state index in [0.717, 1.165) is 11.9 Å². The summed E-state index contributed by atoms with van der Waals surface area (Å²) in [5.41, 5.74) is 2.00. The minimum absolute atomic E-state index is 0.291. The molecule has 0 amide bonds. The number of hydrogen-bond donors (Lipinski definition) is 3. The van der Waals surface area contributed by atoms with Crippen LogP contribution in [0.2, 0.25) is 5.02 Å². The molecule has 0 bridgehead atoms. The molecule has 1 aliphatic rings. The van der Waals surface area contributed by atoms with E-state index in [-0.39, 0.29) is 6.04 Å². The van der Waals surface area contributed by atoms with Crippen molar-refractivity contribution in [3.8, 4) is 6.07 Å². The summed E-state index contributed by atoms with van der Waals surface area (Å²) in [6.07, 6.45) is 3.48. The largest absolute Gasteiger partial charge is 0.361 e. The highest BCUT2D eigenvalue weighted by Gasteiger charge is 2.25. The van der Waals surface area contributed by atoms with E-state index in [1.165, 1.54) is 18.9 Å². The van der Waals surface area contributed by atoms with Gasteiger partial charge in [-0.25, -0.2) is 9.37 Å². The van der Waals surface area contributed by atoms with Gasteiger partial charge in [0.1, 0.15) is 17.7 Å². The highest BCUT2D eigenvalue weighted by Crippen LogP contribution is 2.40. The van der Waals surface area contributed by atoms with Gasteiger partial charge in [-0.15, -0.1) is 0 Å². The molecule has 1 saturated carbocycles. The molecule has 3 N–H and O–H groups in total. The Labute approximate surface area is 166 Å². The van der Waals surface area contributed by atoms with E-state index in [0.29, 0.717) is 39.7 Å². The van der Waals surface area contributed by atoms with Crippen molar-refractivity contribution < 1.29 is 4.39 Å². The average Bonchev–Trinajstić information content (AvgIpc) is 3.44. The fourth-order valence-corrected chi connectivity index (χ4v) is 3.02. The van der Waals surface area contributed by atoms with Crippen molar-refractivity contribution in [2.75, 3.05) is 10.6 Å². The Morgan fingerprint density at radius 2 is 2.14 bits per heavy atom. The minimum atomic E-state index is -0.408. The van der Waals surface area contributed by atoms with Crippen LogP contribution in [0.15, 0.2) is 30.5 Å². The number of anilines is 3. The average molecular weight is 398 g/mol. The van der Waals surface area contributed by atoms with Crippen LogP contribution in [0.25, 0.3) is 0 Å². The Hall–Kier alpha value is -3.18. The molecule has 0 spiro atoms. The predicted octanol–water partition coefficient (Wildman–Crippen LogP) is 4.66. The van der Waals surface area contributed by atoms with E-state index in [2.05, 4.69) is 36.9 Å². The Morgan fingerprint density at radius 1 is 1.32 bits per heavy atom. The van der Waals surface area contributed by atoms with Crippen molar-refractivity contribution in [2.24, 2.45) is 0 Å². The van der Waals surface area contributed by atoms with Gasteiger partial charge in [0.2, 0.25) is 0 Å². The van der Waals surface area contributed by atoms with Crippen LogP contribution in [-0.4, -0.2) is 20.2 Å². The van der Waals surface area contributed by atoms with Gasteiger partial charge in [0.05, 0.1) is 28.5 Å². The molecule has 3 aromatic heterocycles. The molecule has 0 aliphatic heterocycles. The smallest absolute Gasteiger partial charge is 0.153 e. The zero-order valence-electron chi connectivity index (χ0n) is 15.0. The van der Waals surface area contributed by atoms with Crippen LogP contribution >= 0.6 is 11.6 Å². The van der Waals surface area contributed by atoms with E-state index < -0.39 is 5.82 Å². The molecule has 1 aliphatic carbocycles. The fraction of sp³-hybridized carbons (Fsp3) is 0.263. The summed E-state index contributed by atoms with van der Waals surface area (Å²) >= 11 is 6.29. The van der Waals surface area contributed by atoms with Crippen LogP contribution < -0.4 is 10.6 Å². The molecule has 9 heteroatoms. The van der Waals surface area contributed by atoms with Crippen LogP contribution in [0, 0.1) is 17.1 Å². The van der Waals surface area contributed by atoms with Crippen molar-refractivity contribution in [3.63, 3.8) is 0 Å². The molecular formula is C19H17ClFN7. The molecule has 1 fully saturated rings. The van der Waals surface area contributed by atoms with Gasteiger partial charge in [-0.05, 0) is 38.0 Å². The predicted molar refractivity (Wildman–Crippen MR) is 104 cm³/mol. The van der Waals surface area contributed by atoms with Crippen molar-refractivity contribution in [1.82, 2.24) is 20.2 Å².